The van der Waals surface area contributed by atoms with Gasteiger partial charge < -0.3 is 10.5 Å². The summed E-state index contributed by atoms with van der Waals surface area (Å²) < 4.78 is 6.63. The average molecular weight is 349 g/mol. The highest BCUT2D eigenvalue weighted by Gasteiger charge is 2.15. The molecule has 0 spiro atoms. The smallest absolute Gasteiger partial charge is 0.124 e. The van der Waals surface area contributed by atoms with Crippen molar-refractivity contribution >= 4 is 39.7 Å². The SMILES string of the molecule is CCOc1ccc(Br)cc1[C@H](N)c1ccsc1.Cl. The second-order valence-electron chi connectivity index (χ2n) is 3.65. The van der Waals surface area contributed by atoms with Gasteiger partial charge in [0.2, 0.25) is 0 Å². The third-order valence-electron chi connectivity index (χ3n) is 2.51. The zero-order chi connectivity index (χ0) is 12.3. The van der Waals surface area contributed by atoms with Crippen LogP contribution in [0.2, 0.25) is 0 Å². The second-order valence-corrected chi connectivity index (χ2v) is 5.35. The van der Waals surface area contributed by atoms with Crippen LogP contribution in [0.25, 0.3) is 0 Å². The van der Waals surface area contributed by atoms with Gasteiger partial charge in [0.15, 0.2) is 0 Å². The average Bonchev–Trinajstić information content (AvgIpc) is 2.84. The Hall–Kier alpha value is -0.550. The Balaban J connectivity index is 0.00000162. The first-order valence-electron chi connectivity index (χ1n) is 5.42. The first kappa shape index (κ1) is 15.5. The first-order valence-corrected chi connectivity index (χ1v) is 7.16. The summed E-state index contributed by atoms with van der Waals surface area (Å²) >= 11 is 5.12. The summed E-state index contributed by atoms with van der Waals surface area (Å²) in [6.07, 6.45) is 0. The minimum Gasteiger partial charge on any atom is -0.494 e. The van der Waals surface area contributed by atoms with Crippen molar-refractivity contribution < 1.29 is 4.74 Å². The van der Waals surface area contributed by atoms with E-state index in [0.717, 1.165) is 21.3 Å². The van der Waals surface area contributed by atoms with Crippen LogP contribution in [0, 0.1) is 0 Å². The maximum Gasteiger partial charge on any atom is 0.124 e. The van der Waals surface area contributed by atoms with Crippen LogP contribution < -0.4 is 10.5 Å². The van der Waals surface area contributed by atoms with E-state index in [2.05, 4.69) is 21.3 Å². The monoisotopic (exact) mass is 347 g/mol. The van der Waals surface area contributed by atoms with Gasteiger partial charge in [-0.2, -0.15) is 11.3 Å². The topological polar surface area (TPSA) is 35.2 Å². The van der Waals surface area contributed by atoms with E-state index in [1.165, 1.54) is 0 Å². The van der Waals surface area contributed by atoms with Gasteiger partial charge in [-0.25, -0.2) is 0 Å². The number of benzene rings is 1. The van der Waals surface area contributed by atoms with Crippen LogP contribution in [0.3, 0.4) is 0 Å². The molecule has 0 saturated heterocycles. The number of nitrogens with two attached hydrogens (primary N) is 1. The van der Waals surface area contributed by atoms with E-state index in [0.29, 0.717) is 6.61 Å². The van der Waals surface area contributed by atoms with Crippen molar-refractivity contribution in [2.45, 2.75) is 13.0 Å². The molecule has 0 aliphatic heterocycles. The molecule has 0 radical (unpaired) electrons. The Labute approximate surface area is 126 Å². The molecular formula is C13H15BrClNOS. The fourth-order valence-corrected chi connectivity index (χ4v) is 2.76. The summed E-state index contributed by atoms with van der Waals surface area (Å²) in [5.74, 6) is 0.856. The molecule has 0 saturated carbocycles. The van der Waals surface area contributed by atoms with E-state index >= 15 is 0 Å². The van der Waals surface area contributed by atoms with Crippen LogP contribution >= 0.6 is 39.7 Å². The van der Waals surface area contributed by atoms with Crippen LogP contribution in [0.4, 0.5) is 0 Å². The predicted octanol–water partition coefficient (Wildman–Crippen LogP) is 4.38. The highest BCUT2D eigenvalue weighted by atomic mass is 79.9. The normalized spacial score (nSPS) is 11.7. The third-order valence-corrected chi connectivity index (χ3v) is 3.70. The number of rotatable bonds is 4. The van der Waals surface area contributed by atoms with E-state index in [1.807, 2.05) is 36.6 Å². The Morgan fingerprint density at radius 1 is 1.39 bits per heavy atom. The number of halogens is 2. The fourth-order valence-electron chi connectivity index (χ4n) is 1.68. The Bertz CT molecular complexity index is 490. The lowest BCUT2D eigenvalue weighted by Crippen LogP contribution is -2.12. The minimum absolute atomic E-state index is 0. The zero-order valence-corrected chi connectivity index (χ0v) is 13.1. The number of hydrogen-bond donors (Lipinski definition) is 1. The van der Waals surface area contributed by atoms with E-state index < -0.39 is 0 Å². The van der Waals surface area contributed by atoms with Crippen molar-refractivity contribution in [2.75, 3.05) is 6.61 Å². The molecule has 98 valence electrons. The summed E-state index contributed by atoms with van der Waals surface area (Å²) in [5.41, 5.74) is 8.40. The Morgan fingerprint density at radius 3 is 2.78 bits per heavy atom. The molecule has 2 nitrogen and oxygen atoms in total. The van der Waals surface area contributed by atoms with Crippen LogP contribution in [-0.2, 0) is 0 Å². The molecule has 1 atom stereocenters. The molecule has 2 N–H and O–H groups in total. The van der Waals surface area contributed by atoms with Gasteiger partial charge in [0.1, 0.15) is 5.75 Å². The highest BCUT2D eigenvalue weighted by Crippen LogP contribution is 2.31. The molecule has 1 heterocycles. The summed E-state index contributed by atoms with van der Waals surface area (Å²) in [6, 6.07) is 7.85. The van der Waals surface area contributed by atoms with Crippen LogP contribution in [0.15, 0.2) is 39.5 Å². The summed E-state index contributed by atoms with van der Waals surface area (Å²) in [6.45, 7) is 2.62. The van der Waals surface area contributed by atoms with Gasteiger partial charge in [0.25, 0.3) is 0 Å². The molecule has 2 aromatic rings. The summed E-state index contributed by atoms with van der Waals surface area (Å²) in [7, 11) is 0. The molecule has 0 unspecified atom stereocenters. The van der Waals surface area contributed by atoms with Crippen LogP contribution in [-0.4, -0.2) is 6.61 Å². The zero-order valence-electron chi connectivity index (χ0n) is 9.93. The first-order chi connectivity index (χ1) is 8.22. The summed E-state index contributed by atoms with van der Waals surface area (Å²) in [4.78, 5) is 0. The third kappa shape index (κ3) is 3.48. The van der Waals surface area contributed by atoms with E-state index in [4.69, 9.17) is 10.5 Å². The quantitative estimate of drug-likeness (QED) is 0.890. The van der Waals surface area contributed by atoms with Gasteiger partial charge in [-0.15, -0.1) is 12.4 Å². The van der Waals surface area contributed by atoms with Crippen molar-refractivity contribution in [1.82, 2.24) is 0 Å². The van der Waals surface area contributed by atoms with Crippen molar-refractivity contribution in [3.63, 3.8) is 0 Å². The largest absolute Gasteiger partial charge is 0.494 e. The second kappa shape index (κ2) is 7.14. The maximum absolute atomic E-state index is 6.27. The molecule has 0 amide bonds. The fraction of sp³-hybridized carbons (Fsp3) is 0.231. The number of thiophene rings is 1. The Kier molecular flexibility index (Phi) is 6.15. The van der Waals surface area contributed by atoms with Gasteiger partial charge in [0, 0.05) is 10.0 Å². The maximum atomic E-state index is 6.27. The van der Waals surface area contributed by atoms with E-state index in [9.17, 15) is 0 Å². The van der Waals surface area contributed by atoms with Gasteiger partial charge >= 0.3 is 0 Å². The van der Waals surface area contributed by atoms with Gasteiger partial charge in [-0.1, -0.05) is 15.9 Å². The number of ether oxygens (including phenoxy) is 1. The van der Waals surface area contributed by atoms with E-state index in [-0.39, 0.29) is 18.4 Å². The lowest BCUT2D eigenvalue weighted by molar-refractivity contribution is 0.335. The standard InChI is InChI=1S/C13H14BrNOS.ClH/c1-2-16-12-4-3-10(14)7-11(12)13(15)9-5-6-17-8-9;/h3-8,13H,2,15H2,1H3;1H/t13-;/m1./s1. The lowest BCUT2D eigenvalue weighted by atomic mass is 10.0. The van der Waals surface area contributed by atoms with Crippen LogP contribution in [0.1, 0.15) is 24.1 Å². The van der Waals surface area contributed by atoms with Crippen molar-refractivity contribution in [1.29, 1.82) is 0 Å². The van der Waals surface area contributed by atoms with Crippen molar-refractivity contribution in [3.8, 4) is 5.75 Å². The highest BCUT2D eigenvalue weighted by molar-refractivity contribution is 9.10. The molecule has 2 rings (SSSR count). The van der Waals surface area contributed by atoms with Gasteiger partial charge in [-0.05, 0) is 47.5 Å². The number of hydrogen-bond acceptors (Lipinski definition) is 3. The van der Waals surface area contributed by atoms with E-state index in [1.54, 1.807) is 11.3 Å². The molecule has 0 fully saturated rings. The van der Waals surface area contributed by atoms with Crippen molar-refractivity contribution in [3.05, 3.63) is 50.6 Å². The lowest BCUT2D eigenvalue weighted by Gasteiger charge is -2.16. The molecule has 1 aromatic heterocycles. The van der Waals surface area contributed by atoms with Crippen molar-refractivity contribution in [2.24, 2.45) is 5.73 Å². The molecule has 5 heteroatoms. The molecule has 1 aromatic carbocycles. The Morgan fingerprint density at radius 2 is 2.17 bits per heavy atom. The van der Waals surface area contributed by atoms with Gasteiger partial charge in [-0.3, -0.25) is 0 Å². The predicted molar refractivity (Wildman–Crippen MR) is 82.9 cm³/mol. The molecular weight excluding hydrogens is 334 g/mol. The molecule has 0 aliphatic carbocycles. The molecule has 0 aliphatic rings. The minimum atomic E-state index is -0.139. The summed E-state index contributed by atoms with van der Waals surface area (Å²) in [5, 5.41) is 4.11. The van der Waals surface area contributed by atoms with Gasteiger partial charge in [0.05, 0.1) is 12.6 Å². The van der Waals surface area contributed by atoms with Crippen LogP contribution in [0.5, 0.6) is 5.75 Å². The molecule has 0 bridgehead atoms. The molecule has 18 heavy (non-hydrogen) atoms.